The standard InChI is InChI=1S/C25H24ClNO5S/c1-5-32-25(29)23-22(16-6-9-18(26)10-7-16)15(2)33-24(23)27-21(28)13-8-17-14-19(30-3)11-12-20(17)31-4/h6-14H,5H2,1-4H3,(H,27,28)/b13-8+. The fourth-order valence-corrected chi connectivity index (χ4v) is 4.48. The van der Waals surface area contributed by atoms with Crippen molar-refractivity contribution in [1.82, 2.24) is 0 Å². The number of carbonyl (C=O) groups excluding carboxylic acids is 2. The van der Waals surface area contributed by atoms with Gasteiger partial charge in [-0.1, -0.05) is 23.7 Å². The summed E-state index contributed by atoms with van der Waals surface area (Å²) in [6.45, 7) is 3.85. The Balaban J connectivity index is 1.94. The number of nitrogens with one attached hydrogen (secondary N) is 1. The molecule has 0 bridgehead atoms. The number of hydrogen-bond acceptors (Lipinski definition) is 6. The molecule has 0 aliphatic heterocycles. The van der Waals surface area contributed by atoms with Crippen molar-refractivity contribution in [2.24, 2.45) is 0 Å². The lowest BCUT2D eigenvalue weighted by atomic mass is 10.0. The van der Waals surface area contributed by atoms with Crippen molar-refractivity contribution >= 4 is 45.9 Å². The Morgan fingerprint density at radius 2 is 1.82 bits per heavy atom. The molecule has 1 heterocycles. The number of thiophene rings is 1. The van der Waals surface area contributed by atoms with Gasteiger partial charge < -0.3 is 19.5 Å². The third-order valence-corrected chi connectivity index (χ3v) is 6.06. The van der Waals surface area contributed by atoms with E-state index in [1.807, 2.05) is 19.1 Å². The van der Waals surface area contributed by atoms with Crippen LogP contribution in [0.25, 0.3) is 17.2 Å². The van der Waals surface area contributed by atoms with Crippen LogP contribution in [0.5, 0.6) is 11.5 Å². The Bertz CT molecular complexity index is 1180. The van der Waals surface area contributed by atoms with Gasteiger partial charge in [0.05, 0.1) is 20.8 Å². The Morgan fingerprint density at radius 3 is 2.45 bits per heavy atom. The first-order chi connectivity index (χ1) is 15.9. The second-order valence-corrected chi connectivity index (χ2v) is 8.56. The minimum absolute atomic E-state index is 0.219. The molecule has 1 aromatic heterocycles. The summed E-state index contributed by atoms with van der Waals surface area (Å²) in [6, 6.07) is 12.5. The van der Waals surface area contributed by atoms with E-state index in [9.17, 15) is 9.59 Å². The maximum Gasteiger partial charge on any atom is 0.341 e. The number of rotatable bonds is 8. The van der Waals surface area contributed by atoms with E-state index >= 15 is 0 Å². The maximum atomic E-state index is 12.8. The number of esters is 1. The van der Waals surface area contributed by atoms with E-state index in [1.165, 1.54) is 17.4 Å². The summed E-state index contributed by atoms with van der Waals surface area (Å²) in [5.41, 5.74) is 2.53. The molecule has 172 valence electrons. The highest BCUT2D eigenvalue weighted by Gasteiger charge is 2.25. The van der Waals surface area contributed by atoms with Crippen LogP contribution in [0.15, 0.2) is 48.5 Å². The summed E-state index contributed by atoms with van der Waals surface area (Å²) >= 11 is 7.33. The van der Waals surface area contributed by atoms with Crippen molar-refractivity contribution in [2.45, 2.75) is 13.8 Å². The van der Waals surface area contributed by atoms with Crippen LogP contribution in [-0.4, -0.2) is 32.7 Å². The number of aryl methyl sites for hydroxylation is 1. The SMILES string of the molecule is CCOC(=O)c1c(NC(=O)/C=C/c2cc(OC)ccc2OC)sc(C)c1-c1ccc(Cl)cc1. The van der Waals surface area contributed by atoms with Gasteiger partial charge in [-0.25, -0.2) is 4.79 Å². The highest BCUT2D eigenvalue weighted by Crippen LogP contribution is 2.40. The lowest BCUT2D eigenvalue weighted by Crippen LogP contribution is -2.12. The zero-order valence-electron chi connectivity index (χ0n) is 18.7. The van der Waals surface area contributed by atoms with Gasteiger partial charge >= 0.3 is 5.97 Å². The zero-order valence-corrected chi connectivity index (χ0v) is 20.3. The number of amides is 1. The van der Waals surface area contributed by atoms with E-state index in [0.29, 0.717) is 38.2 Å². The van der Waals surface area contributed by atoms with Crippen LogP contribution in [0.4, 0.5) is 5.00 Å². The second kappa shape index (κ2) is 11.0. The lowest BCUT2D eigenvalue weighted by molar-refractivity contribution is -0.111. The number of hydrogen-bond donors (Lipinski definition) is 1. The van der Waals surface area contributed by atoms with Gasteiger partial charge in [-0.05, 0) is 55.8 Å². The van der Waals surface area contributed by atoms with Gasteiger partial charge in [0.15, 0.2) is 0 Å². The number of benzene rings is 2. The van der Waals surface area contributed by atoms with E-state index < -0.39 is 11.9 Å². The Hall–Kier alpha value is -3.29. The molecule has 33 heavy (non-hydrogen) atoms. The largest absolute Gasteiger partial charge is 0.497 e. The van der Waals surface area contributed by atoms with Crippen LogP contribution in [0, 0.1) is 6.92 Å². The van der Waals surface area contributed by atoms with E-state index in [1.54, 1.807) is 57.6 Å². The number of carbonyl (C=O) groups is 2. The van der Waals surface area contributed by atoms with Crippen LogP contribution >= 0.6 is 22.9 Å². The smallest absolute Gasteiger partial charge is 0.341 e. The summed E-state index contributed by atoms with van der Waals surface area (Å²) in [7, 11) is 3.12. The van der Waals surface area contributed by atoms with E-state index in [0.717, 1.165) is 10.4 Å². The molecule has 0 radical (unpaired) electrons. The van der Waals surface area contributed by atoms with Crippen molar-refractivity contribution in [2.75, 3.05) is 26.1 Å². The quantitative estimate of drug-likeness (QED) is 0.302. The third-order valence-electron chi connectivity index (χ3n) is 4.78. The first kappa shape index (κ1) is 24.4. The molecule has 3 rings (SSSR count). The molecule has 1 N–H and O–H groups in total. The average molecular weight is 486 g/mol. The first-order valence-electron chi connectivity index (χ1n) is 10.2. The molecule has 0 spiro atoms. The normalized spacial score (nSPS) is 10.8. The van der Waals surface area contributed by atoms with Gasteiger partial charge in [0.25, 0.3) is 0 Å². The molecule has 6 nitrogen and oxygen atoms in total. The number of ether oxygens (including phenoxy) is 3. The molecule has 8 heteroatoms. The molecule has 0 atom stereocenters. The van der Waals surface area contributed by atoms with Gasteiger partial charge in [0, 0.05) is 27.1 Å². The van der Waals surface area contributed by atoms with Gasteiger partial charge in [-0.15, -0.1) is 11.3 Å². The predicted octanol–water partition coefficient (Wildman–Crippen LogP) is 6.22. The molecule has 1 amide bonds. The van der Waals surface area contributed by atoms with Crippen LogP contribution in [0.1, 0.15) is 27.7 Å². The lowest BCUT2D eigenvalue weighted by Gasteiger charge is -2.09. The minimum Gasteiger partial charge on any atom is -0.497 e. The molecule has 0 unspecified atom stereocenters. The van der Waals surface area contributed by atoms with Crippen LogP contribution < -0.4 is 14.8 Å². The average Bonchev–Trinajstić information content (AvgIpc) is 3.13. The monoisotopic (exact) mass is 485 g/mol. The van der Waals surface area contributed by atoms with Crippen molar-refractivity contribution in [3.63, 3.8) is 0 Å². The second-order valence-electron chi connectivity index (χ2n) is 6.90. The number of methoxy groups -OCH3 is 2. The number of anilines is 1. The highest BCUT2D eigenvalue weighted by atomic mass is 35.5. The fourth-order valence-electron chi connectivity index (χ4n) is 3.28. The van der Waals surface area contributed by atoms with Crippen molar-refractivity contribution < 1.29 is 23.8 Å². The summed E-state index contributed by atoms with van der Waals surface area (Å²) < 4.78 is 15.9. The molecule has 0 aliphatic rings. The summed E-state index contributed by atoms with van der Waals surface area (Å²) in [4.78, 5) is 26.4. The van der Waals surface area contributed by atoms with Crippen molar-refractivity contribution in [3.05, 3.63) is 69.6 Å². The van der Waals surface area contributed by atoms with Crippen LogP contribution in [0.3, 0.4) is 0 Å². The molecule has 0 aliphatic carbocycles. The molecule has 3 aromatic rings. The van der Waals surface area contributed by atoms with Gasteiger partial charge in [-0.3, -0.25) is 4.79 Å². The van der Waals surface area contributed by atoms with E-state index in [4.69, 9.17) is 25.8 Å². The van der Waals surface area contributed by atoms with Gasteiger partial charge in [0.2, 0.25) is 5.91 Å². The Labute approximate surface area is 201 Å². The molecule has 0 fully saturated rings. The molecule has 0 saturated heterocycles. The summed E-state index contributed by atoms with van der Waals surface area (Å²) in [5.74, 6) is 0.348. The maximum absolute atomic E-state index is 12.8. The van der Waals surface area contributed by atoms with E-state index in [-0.39, 0.29) is 6.61 Å². The van der Waals surface area contributed by atoms with Crippen LogP contribution in [0.2, 0.25) is 5.02 Å². The minimum atomic E-state index is -0.499. The zero-order chi connectivity index (χ0) is 24.0. The highest BCUT2D eigenvalue weighted by molar-refractivity contribution is 7.17. The topological polar surface area (TPSA) is 73.9 Å². The Morgan fingerprint density at radius 1 is 1.09 bits per heavy atom. The molecule has 0 saturated carbocycles. The molecular weight excluding hydrogens is 462 g/mol. The van der Waals surface area contributed by atoms with Crippen LogP contribution in [-0.2, 0) is 9.53 Å². The Kier molecular flexibility index (Phi) is 8.14. The van der Waals surface area contributed by atoms with Gasteiger partial charge in [-0.2, -0.15) is 0 Å². The number of halogens is 1. The van der Waals surface area contributed by atoms with Gasteiger partial charge in [0.1, 0.15) is 22.1 Å². The summed E-state index contributed by atoms with van der Waals surface area (Å²) in [5, 5.41) is 3.84. The first-order valence-corrected chi connectivity index (χ1v) is 11.3. The molecule has 2 aromatic carbocycles. The predicted molar refractivity (Wildman–Crippen MR) is 133 cm³/mol. The van der Waals surface area contributed by atoms with E-state index in [2.05, 4.69) is 5.32 Å². The fraction of sp³-hybridized carbons (Fsp3) is 0.200. The molecular formula is C25H24ClNO5S. The van der Waals surface area contributed by atoms with Crippen molar-refractivity contribution in [3.8, 4) is 22.6 Å². The van der Waals surface area contributed by atoms with Crippen molar-refractivity contribution in [1.29, 1.82) is 0 Å². The third kappa shape index (κ3) is 5.74. The summed E-state index contributed by atoms with van der Waals surface area (Å²) in [6.07, 6.45) is 3.00.